The van der Waals surface area contributed by atoms with Gasteiger partial charge in [0.1, 0.15) is 0 Å². The van der Waals surface area contributed by atoms with Crippen LogP contribution < -0.4 is 0 Å². The van der Waals surface area contributed by atoms with Crippen molar-refractivity contribution in [3.8, 4) is 0 Å². The molecule has 3 nitrogen and oxygen atoms in total. The van der Waals surface area contributed by atoms with Gasteiger partial charge >= 0.3 is 0 Å². The molecule has 4 rings (SSSR count). The van der Waals surface area contributed by atoms with Gasteiger partial charge in [0.2, 0.25) is 0 Å². The Kier molecular flexibility index (Phi) is 2.62. The molecule has 2 heterocycles. The molecule has 0 aliphatic heterocycles. The van der Waals surface area contributed by atoms with Gasteiger partial charge in [0.15, 0.2) is 0 Å². The Balaban J connectivity index is 0.000001000. The van der Waals surface area contributed by atoms with Crippen molar-refractivity contribution in [1.82, 2.24) is 10.1 Å². The summed E-state index contributed by atoms with van der Waals surface area (Å²) in [4.78, 5) is 4.40. The Hall–Kier alpha value is -1.77. The predicted molar refractivity (Wildman–Crippen MR) is 65.7 cm³/mol. The van der Waals surface area contributed by atoms with E-state index in [4.69, 9.17) is 4.52 Å². The summed E-state index contributed by atoms with van der Waals surface area (Å²) in [5, 5.41) is 8.20. The minimum Gasteiger partial charge on any atom is -0.439 e. The number of nitrogens with zero attached hydrogens (tertiary/aromatic N) is 2. The van der Waals surface area contributed by atoms with Gasteiger partial charge in [0.25, 0.3) is 0 Å². The Morgan fingerprint density at radius 2 is 1.61 bits per heavy atom. The third-order valence-corrected chi connectivity index (χ3v) is 3.04. The molecule has 0 unspecified atom stereocenters. The smallest absolute Gasteiger partial charge is 0.0448 e. The molecule has 4 aromatic rings. The zero-order valence-corrected chi connectivity index (χ0v) is 11.6. The van der Waals surface area contributed by atoms with Gasteiger partial charge < -0.3 is 9.51 Å². The third kappa shape index (κ3) is 1.40. The summed E-state index contributed by atoms with van der Waals surface area (Å²) in [6.45, 7) is 0. The van der Waals surface area contributed by atoms with Crippen LogP contribution in [0.5, 0.6) is 0 Å². The average molecular weight is 411 g/mol. The number of rotatable bonds is 0. The van der Waals surface area contributed by atoms with Crippen LogP contribution in [0.2, 0.25) is 0 Å². The van der Waals surface area contributed by atoms with Gasteiger partial charge in [-0.05, 0) is 27.7 Å². The molecule has 0 N–H and O–H groups in total. The van der Waals surface area contributed by atoms with E-state index in [1.807, 2.05) is 24.3 Å². The van der Waals surface area contributed by atoms with Crippen LogP contribution in [0.1, 0.15) is 0 Å². The van der Waals surface area contributed by atoms with E-state index < -0.39 is 0 Å². The largest absolute Gasteiger partial charge is 0.439 e. The van der Waals surface area contributed by atoms with E-state index in [9.17, 15) is 0 Å². The van der Waals surface area contributed by atoms with Gasteiger partial charge in [-0.3, -0.25) is 0 Å². The van der Waals surface area contributed by atoms with Gasteiger partial charge in [-0.1, -0.05) is 35.7 Å². The summed E-state index contributed by atoms with van der Waals surface area (Å²) in [6, 6.07) is 12.1. The van der Waals surface area contributed by atoms with Crippen molar-refractivity contribution < 1.29 is 24.6 Å². The molecule has 2 aromatic carbocycles. The summed E-state index contributed by atoms with van der Waals surface area (Å²) in [7, 11) is 0. The second-order valence-electron chi connectivity index (χ2n) is 3.95. The Morgan fingerprint density at radius 1 is 0.889 bits per heavy atom. The normalized spacial score (nSPS) is 10.9. The maximum Gasteiger partial charge on any atom is 0.0448 e. The molecular weight excluding hydrogens is 404 g/mol. The first-order valence-corrected chi connectivity index (χ1v) is 5.37. The number of hydrogen-bond donors (Lipinski definition) is 0. The minimum atomic E-state index is 0. The summed E-state index contributed by atoms with van der Waals surface area (Å²) in [5.74, 6) is 0. The summed E-state index contributed by atoms with van der Waals surface area (Å²) < 4.78 is 4.97. The molecular formula is C14H7IrN2O-. The van der Waals surface area contributed by atoms with E-state index in [2.05, 4.69) is 28.5 Å². The van der Waals surface area contributed by atoms with E-state index in [0.717, 1.165) is 32.6 Å². The molecule has 0 aliphatic rings. The standard InChI is InChI=1S/C14H7N2O.Ir/c1-2-5-11-9(4-1)10-6-3-7-15-13(10)12-8-17-16-14(11)12;/h1-7H;/q-1;. The molecule has 4 heteroatoms. The number of aromatic nitrogens is 2. The summed E-state index contributed by atoms with van der Waals surface area (Å²) >= 11 is 0. The van der Waals surface area contributed by atoms with Crippen LogP contribution in [0.4, 0.5) is 0 Å². The topological polar surface area (TPSA) is 38.9 Å². The van der Waals surface area contributed by atoms with Gasteiger partial charge in [0, 0.05) is 38.1 Å². The van der Waals surface area contributed by atoms with E-state index in [1.54, 1.807) is 6.20 Å². The van der Waals surface area contributed by atoms with E-state index in [1.165, 1.54) is 0 Å². The van der Waals surface area contributed by atoms with Crippen LogP contribution in [0.3, 0.4) is 0 Å². The molecule has 2 aromatic heterocycles. The first-order valence-electron chi connectivity index (χ1n) is 5.37. The fourth-order valence-corrected chi connectivity index (χ4v) is 2.30. The maximum absolute atomic E-state index is 4.97. The van der Waals surface area contributed by atoms with Crippen LogP contribution in [-0.2, 0) is 20.1 Å². The molecule has 0 saturated carbocycles. The SMILES string of the molecule is [Ir].[c-]1onc2c1c1ncccc1c1ccccc12. The molecule has 0 aliphatic carbocycles. The molecule has 0 fully saturated rings. The van der Waals surface area contributed by atoms with Gasteiger partial charge in [-0.2, -0.15) is 5.16 Å². The molecule has 0 spiro atoms. The zero-order valence-electron chi connectivity index (χ0n) is 9.18. The molecule has 0 saturated heterocycles. The fourth-order valence-electron chi connectivity index (χ4n) is 2.30. The molecule has 0 atom stereocenters. The van der Waals surface area contributed by atoms with E-state index >= 15 is 0 Å². The second kappa shape index (κ2) is 4.16. The Morgan fingerprint density at radius 3 is 2.50 bits per heavy atom. The number of hydrogen-bond acceptors (Lipinski definition) is 3. The number of fused-ring (bicyclic) bond motifs is 6. The molecule has 89 valence electrons. The predicted octanol–water partition coefficient (Wildman–Crippen LogP) is 3.33. The Labute approximate surface area is 116 Å². The van der Waals surface area contributed by atoms with Crippen molar-refractivity contribution in [3.63, 3.8) is 0 Å². The first-order chi connectivity index (χ1) is 8.45. The van der Waals surface area contributed by atoms with Crippen molar-refractivity contribution in [1.29, 1.82) is 0 Å². The van der Waals surface area contributed by atoms with Crippen molar-refractivity contribution in [3.05, 3.63) is 48.9 Å². The number of pyridine rings is 1. The second-order valence-corrected chi connectivity index (χ2v) is 3.95. The maximum atomic E-state index is 4.97. The minimum absolute atomic E-state index is 0. The third-order valence-electron chi connectivity index (χ3n) is 3.04. The Bertz CT molecular complexity index is 784. The summed E-state index contributed by atoms with van der Waals surface area (Å²) in [5.41, 5.74) is 1.72. The van der Waals surface area contributed by atoms with Crippen LogP contribution in [-0.4, -0.2) is 10.1 Å². The van der Waals surface area contributed by atoms with Crippen molar-refractivity contribution >= 4 is 32.6 Å². The van der Waals surface area contributed by atoms with Crippen LogP contribution in [0.25, 0.3) is 32.6 Å². The van der Waals surface area contributed by atoms with Crippen LogP contribution in [0.15, 0.2) is 47.1 Å². The summed E-state index contributed by atoms with van der Waals surface area (Å²) in [6.07, 6.45) is 4.58. The van der Waals surface area contributed by atoms with Crippen LogP contribution >= 0.6 is 0 Å². The van der Waals surface area contributed by atoms with Crippen molar-refractivity contribution in [2.45, 2.75) is 0 Å². The quantitative estimate of drug-likeness (QED) is 0.329. The van der Waals surface area contributed by atoms with Gasteiger partial charge in [-0.25, -0.2) is 0 Å². The molecule has 1 radical (unpaired) electrons. The average Bonchev–Trinajstić information content (AvgIpc) is 2.89. The van der Waals surface area contributed by atoms with Crippen LogP contribution in [0, 0.1) is 6.26 Å². The monoisotopic (exact) mass is 412 g/mol. The number of benzene rings is 2. The first kappa shape index (κ1) is 11.3. The van der Waals surface area contributed by atoms with Crippen molar-refractivity contribution in [2.75, 3.05) is 0 Å². The molecule has 18 heavy (non-hydrogen) atoms. The zero-order chi connectivity index (χ0) is 11.2. The van der Waals surface area contributed by atoms with Crippen molar-refractivity contribution in [2.24, 2.45) is 0 Å². The van der Waals surface area contributed by atoms with Gasteiger partial charge in [0.05, 0.1) is 0 Å². The van der Waals surface area contributed by atoms with E-state index in [0.29, 0.717) is 0 Å². The van der Waals surface area contributed by atoms with Gasteiger partial charge in [-0.15, -0.1) is 0 Å². The fraction of sp³-hybridized carbons (Fsp3) is 0. The molecule has 0 bridgehead atoms. The van der Waals surface area contributed by atoms with E-state index in [-0.39, 0.29) is 20.1 Å². The molecule has 0 amide bonds.